The lowest BCUT2D eigenvalue weighted by Crippen LogP contribution is -2.53. The Morgan fingerprint density at radius 2 is 1.62 bits per heavy atom. The van der Waals surface area contributed by atoms with E-state index in [1.54, 1.807) is 40.1 Å². The third kappa shape index (κ3) is 15.4. The van der Waals surface area contributed by atoms with Gasteiger partial charge in [-0.25, -0.2) is 0 Å². The van der Waals surface area contributed by atoms with Gasteiger partial charge in [0.15, 0.2) is 0 Å². The number of amides is 2. The van der Waals surface area contributed by atoms with Gasteiger partial charge in [-0.2, -0.15) is 0 Å². The van der Waals surface area contributed by atoms with Crippen molar-refractivity contribution >= 4 is 24.1 Å². The molecule has 1 aliphatic rings. The van der Waals surface area contributed by atoms with Gasteiger partial charge in [0.2, 0.25) is 11.8 Å². The molecule has 1 rings (SSSR count). The van der Waals surface area contributed by atoms with Gasteiger partial charge in [-0.3, -0.25) is 14.4 Å². The fourth-order valence-corrected chi connectivity index (χ4v) is 4.72. The van der Waals surface area contributed by atoms with Gasteiger partial charge in [-0.1, -0.05) is 61.3 Å². The normalized spacial score (nSPS) is 18.1. The minimum Gasteiger partial charge on any atom is -0.468 e. The number of esters is 1. The van der Waals surface area contributed by atoms with Crippen LogP contribution in [0, 0.1) is 11.8 Å². The minimum atomic E-state index is -0.441. The van der Waals surface area contributed by atoms with Crippen LogP contribution in [-0.2, 0) is 33.4 Å². The molecule has 3 N–H and O–H groups in total. The van der Waals surface area contributed by atoms with E-state index in [9.17, 15) is 19.2 Å². The molecule has 11 heteroatoms. The molecule has 11 nitrogen and oxygen atoms in total. The molecule has 250 valence electrons. The fourth-order valence-electron chi connectivity index (χ4n) is 4.72. The first-order valence-electron chi connectivity index (χ1n) is 15.4. The van der Waals surface area contributed by atoms with Crippen LogP contribution < -0.4 is 11.1 Å². The Bertz CT molecular complexity index is 725. The molecule has 0 aromatic rings. The maximum Gasteiger partial charge on any atom is 0.322 e. The second kappa shape index (κ2) is 26.5. The molecule has 1 fully saturated rings. The highest BCUT2D eigenvalue weighted by molar-refractivity contribution is 5.79. The number of rotatable bonds is 14. The number of carbonyl (C=O) groups is 4. The van der Waals surface area contributed by atoms with Gasteiger partial charge >= 0.3 is 5.97 Å². The van der Waals surface area contributed by atoms with Gasteiger partial charge in [0.25, 0.3) is 0 Å². The first kappa shape index (κ1) is 44.4. The van der Waals surface area contributed by atoms with E-state index in [4.69, 9.17) is 15.2 Å². The minimum absolute atomic E-state index is 0.0404. The van der Waals surface area contributed by atoms with Gasteiger partial charge in [0, 0.05) is 33.7 Å². The zero-order valence-electron chi connectivity index (χ0n) is 28.9. The van der Waals surface area contributed by atoms with Gasteiger partial charge in [-0.15, -0.1) is 0 Å². The number of nitrogens with zero attached hydrogens (tertiary/aromatic N) is 2. The number of hydrogen-bond acceptors (Lipinski definition) is 9. The lowest BCUT2D eigenvalue weighted by Gasteiger charge is -2.39. The van der Waals surface area contributed by atoms with Crippen LogP contribution in [0.1, 0.15) is 87.5 Å². The number of nitrogens with one attached hydrogen (secondary N) is 1. The second-order valence-electron chi connectivity index (χ2n) is 10.3. The van der Waals surface area contributed by atoms with E-state index in [-0.39, 0.29) is 66.8 Å². The van der Waals surface area contributed by atoms with Gasteiger partial charge < -0.3 is 39.9 Å². The number of likely N-dealkylation sites (tertiary alicyclic amines) is 1. The van der Waals surface area contributed by atoms with Crippen molar-refractivity contribution in [3.8, 4) is 0 Å². The van der Waals surface area contributed by atoms with Crippen molar-refractivity contribution in [2.24, 2.45) is 17.6 Å². The number of likely N-dealkylation sites (N-methyl/N-ethyl adjacent to an activating group) is 2. The summed E-state index contributed by atoms with van der Waals surface area (Å²) >= 11 is 0. The summed E-state index contributed by atoms with van der Waals surface area (Å²) in [5, 5.41) is 2.74. The molecule has 1 aliphatic heterocycles. The number of ether oxygens (including phenoxy) is 3. The van der Waals surface area contributed by atoms with Crippen LogP contribution in [0.5, 0.6) is 0 Å². The predicted molar refractivity (Wildman–Crippen MR) is 169 cm³/mol. The molecule has 2 amide bonds. The molecule has 0 spiro atoms. The molecule has 0 bridgehead atoms. The van der Waals surface area contributed by atoms with Gasteiger partial charge in [-0.05, 0) is 32.7 Å². The van der Waals surface area contributed by atoms with E-state index in [1.165, 1.54) is 13.5 Å². The molecule has 6 unspecified atom stereocenters. The second-order valence-corrected chi connectivity index (χ2v) is 10.3. The average molecular weight is 605 g/mol. The number of aldehydes is 1. The standard InChI is InChI=1S/C21H39N3O5.C5H11NO2.C3H8.C2H6/c1-7-14(2)20(23(4)19(27)12-22)17(28-5)11-18(26)24-10-8-9-16(24)21(29-6)15(3)13-25;1-4(6-2)5(7)8-3;1-3-2;1-2/h13-17,20-21H,7-12,22H2,1-6H3;4,6H,1-3H3;3H2,1-2H3;1-2H3/t;4-;;/m.0../s1. The molecule has 0 aliphatic carbocycles. The third-order valence-electron chi connectivity index (χ3n) is 7.29. The van der Waals surface area contributed by atoms with Crippen molar-refractivity contribution in [3.05, 3.63) is 0 Å². The summed E-state index contributed by atoms with van der Waals surface area (Å²) in [4.78, 5) is 50.6. The smallest absolute Gasteiger partial charge is 0.322 e. The molecule has 0 radical (unpaired) electrons. The Labute approximate surface area is 256 Å². The van der Waals surface area contributed by atoms with E-state index in [1.807, 2.05) is 39.5 Å². The summed E-state index contributed by atoms with van der Waals surface area (Å²) in [7, 11) is 7.95. The zero-order valence-corrected chi connectivity index (χ0v) is 28.9. The van der Waals surface area contributed by atoms with Crippen molar-refractivity contribution < 1.29 is 33.4 Å². The molecule has 0 aromatic carbocycles. The molecule has 42 heavy (non-hydrogen) atoms. The lowest BCUT2D eigenvalue weighted by molar-refractivity contribution is -0.144. The average Bonchev–Trinajstić information content (AvgIpc) is 3.50. The van der Waals surface area contributed by atoms with Crippen LogP contribution in [0.2, 0.25) is 0 Å². The van der Waals surface area contributed by atoms with E-state index in [0.29, 0.717) is 6.54 Å². The maximum atomic E-state index is 13.2. The van der Waals surface area contributed by atoms with Crippen LogP contribution in [0.15, 0.2) is 0 Å². The maximum absolute atomic E-state index is 13.2. The van der Waals surface area contributed by atoms with E-state index in [0.717, 1.165) is 25.5 Å². The van der Waals surface area contributed by atoms with Crippen molar-refractivity contribution in [2.75, 3.05) is 48.5 Å². The Morgan fingerprint density at radius 1 is 1.07 bits per heavy atom. The summed E-state index contributed by atoms with van der Waals surface area (Å²) in [6, 6.07) is -0.575. The highest BCUT2D eigenvalue weighted by Crippen LogP contribution is 2.28. The fraction of sp³-hybridized carbons (Fsp3) is 0.871. The SMILES string of the molecule is CC.CCC.CCC(C)C(C(CC(=O)N1CCCC1C(OC)C(C)C=O)OC)N(C)C(=O)CN.CN[C@@H](C)C(=O)OC. The predicted octanol–water partition coefficient (Wildman–Crippen LogP) is 3.27. The number of nitrogens with two attached hydrogens (primary N) is 1. The third-order valence-corrected chi connectivity index (χ3v) is 7.29. The van der Waals surface area contributed by atoms with Crippen LogP contribution in [0.4, 0.5) is 0 Å². The quantitative estimate of drug-likeness (QED) is 0.226. The van der Waals surface area contributed by atoms with E-state index >= 15 is 0 Å². The molecule has 1 heterocycles. The van der Waals surface area contributed by atoms with Crippen molar-refractivity contribution in [1.82, 2.24) is 15.1 Å². The Kier molecular flexibility index (Phi) is 28.0. The Morgan fingerprint density at radius 3 is 1.98 bits per heavy atom. The van der Waals surface area contributed by atoms with Crippen molar-refractivity contribution in [1.29, 1.82) is 0 Å². The molecular weight excluding hydrogens is 540 g/mol. The van der Waals surface area contributed by atoms with Crippen molar-refractivity contribution in [3.63, 3.8) is 0 Å². The molecule has 0 saturated carbocycles. The van der Waals surface area contributed by atoms with Gasteiger partial charge in [0.1, 0.15) is 12.3 Å². The summed E-state index contributed by atoms with van der Waals surface area (Å²) in [6.45, 7) is 16.5. The summed E-state index contributed by atoms with van der Waals surface area (Å²) in [5.41, 5.74) is 5.55. The highest BCUT2D eigenvalue weighted by Gasteiger charge is 2.40. The number of hydrogen-bond donors (Lipinski definition) is 2. The summed E-state index contributed by atoms with van der Waals surface area (Å²) in [5.74, 6) is -0.598. The lowest BCUT2D eigenvalue weighted by atomic mass is 9.90. The van der Waals surface area contributed by atoms with Crippen LogP contribution in [-0.4, -0.2) is 113 Å². The molecular formula is C31H64N4O7. The van der Waals surface area contributed by atoms with E-state index < -0.39 is 6.10 Å². The zero-order chi connectivity index (χ0) is 33.4. The summed E-state index contributed by atoms with van der Waals surface area (Å²) in [6.07, 6.45) is 4.04. The Balaban J connectivity index is -0.000000980. The van der Waals surface area contributed by atoms with Crippen LogP contribution in [0.3, 0.4) is 0 Å². The molecule has 1 saturated heterocycles. The first-order chi connectivity index (χ1) is 19.9. The van der Waals surface area contributed by atoms with Crippen LogP contribution in [0.25, 0.3) is 0 Å². The topological polar surface area (TPSA) is 140 Å². The number of methoxy groups -OCH3 is 3. The van der Waals surface area contributed by atoms with Crippen LogP contribution >= 0.6 is 0 Å². The van der Waals surface area contributed by atoms with E-state index in [2.05, 4.69) is 23.9 Å². The molecule has 0 aromatic heterocycles. The first-order valence-corrected chi connectivity index (χ1v) is 15.4. The van der Waals surface area contributed by atoms with Crippen molar-refractivity contribution in [2.45, 2.75) is 118 Å². The summed E-state index contributed by atoms with van der Waals surface area (Å²) < 4.78 is 15.7. The molecule has 7 atom stereocenters. The monoisotopic (exact) mass is 604 g/mol. The Hall–Kier alpha value is -2.08. The number of carbonyl (C=O) groups excluding carboxylic acids is 4. The highest BCUT2D eigenvalue weighted by atomic mass is 16.5. The van der Waals surface area contributed by atoms with Gasteiger partial charge in [0.05, 0.1) is 44.4 Å². The largest absolute Gasteiger partial charge is 0.468 e.